The lowest BCUT2D eigenvalue weighted by molar-refractivity contribution is -0.143. The Morgan fingerprint density at radius 2 is 1.91 bits per heavy atom. The molecule has 1 atom stereocenters. The van der Waals surface area contributed by atoms with Gasteiger partial charge in [0.05, 0.1) is 17.4 Å². The smallest absolute Gasteiger partial charge is 0.307 e. The number of Topliss-reactive ketones (excluding diaryl/α,β-unsaturated/α-hetero) is 1. The Hall–Kier alpha value is -3.72. The molecule has 5 rings (SSSR count). The highest BCUT2D eigenvalue weighted by Gasteiger charge is 2.30. The van der Waals surface area contributed by atoms with E-state index < -0.39 is 11.2 Å². The number of carbonyl (C=O) groups is 3. The molecule has 2 aliphatic rings. The second kappa shape index (κ2) is 8.90. The number of nitrogens with zero attached hydrogens (tertiary/aromatic N) is 1. The van der Waals surface area contributed by atoms with Crippen molar-refractivity contribution in [2.45, 2.75) is 30.4 Å². The van der Waals surface area contributed by atoms with Crippen molar-refractivity contribution in [1.29, 1.82) is 0 Å². The molecule has 3 heterocycles. The van der Waals surface area contributed by atoms with E-state index in [2.05, 4.69) is 5.32 Å². The van der Waals surface area contributed by atoms with Crippen LogP contribution >= 0.6 is 11.8 Å². The van der Waals surface area contributed by atoms with Crippen LogP contribution in [0, 0.1) is 13.8 Å². The monoisotopic (exact) mass is 478 g/mol. The van der Waals surface area contributed by atoms with E-state index >= 15 is 0 Å². The lowest BCUT2D eigenvalue weighted by atomic mass is 10.1. The van der Waals surface area contributed by atoms with Crippen LogP contribution in [-0.2, 0) is 14.3 Å². The number of carbonyl (C=O) groups excluding carboxylic acids is 3. The molecular formula is C25H22N2O6S. The number of thioether (sulfide) groups is 1. The zero-order valence-electron chi connectivity index (χ0n) is 18.6. The lowest BCUT2D eigenvalue weighted by Gasteiger charge is -2.23. The summed E-state index contributed by atoms with van der Waals surface area (Å²) in [5.74, 6) is 0.186. The van der Waals surface area contributed by atoms with Crippen LogP contribution in [0.25, 0.3) is 5.69 Å². The molecule has 1 aromatic heterocycles. The van der Waals surface area contributed by atoms with Gasteiger partial charge in [-0.3, -0.25) is 14.4 Å². The first-order chi connectivity index (χ1) is 16.4. The molecule has 34 heavy (non-hydrogen) atoms. The Bertz CT molecular complexity index is 1310. The van der Waals surface area contributed by atoms with Crippen LogP contribution in [0.5, 0.6) is 11.5 Å². The van der Waals surface area contributed by atoms with Crippen molar-refractivity contribution in [2.75, 3.05) is 18.7 Å². The lowest BCUT2D eigenvalue weighted by Crippen LogP contribution is -2.31. The summed E-state index contributed by atoms with van der Waals surface area (Å²) in [5.41, 5.74) is 3.64. The zero-order valence-corrected chi connectivity index (χ0v) is 19.4. The molecule has 0 fully saturated rings. The van der Waals surface area contributed by atoms with E-state index in [1.165, 1.54) is 11.8 Å². The number of para-hydroxylation sites is 1. The maximum atomic E-state index is 12.9. The highest BCUT2D eigenvalue weighted by atomic mass is 32.2. The number of hydrogen-bond acceptors (Lipinski definition) is 7. The van der Waals surface area contributed by atoms with Gasteiger partial charge in [0.1, 0.15) is 0 Å². The van der Waals surface area contributed by atoms with Crippen LogP contribution in [0.15, 0.2) is 53.4 Å². The normalized spacial score (nSPS) is 16.1. The fourth-order valence-electron chi connectivity index (χ4n) is 4.13. The first-order valence-corrected chi connectivity index (χ1v) is 11.6. The highest BCUT2D eigenvalue weighted by molar-refractivity contribution is 8.01. The summed E-state index contributed by atoms with van der Waals surface area (Å²) in [7, 11) is 0. The molecule has 3 aromatic rings. The molecule has 0 radical (unpaired) electrons. The number of ether oxygens (including phenoxy) is 3. The van der Waals surface area contributed by atoms with Gasteiger partial charge in [-0.05, 0) is 44.2 Å². The third-order valence-corrected chi connectivity index (χ3v) is 7.04. The largest absolute Gasteiger partial charge is 0.457 e. The van der Waals surface area contributed by atoms with Crippen LogP contribution in [0.2, 0.25) is 0 Å². The van der Waals surface area contributed by atoms with Gasteiger partial charge in [0, 0.05) is 33.6 Å². The van der Waals surface area contributed by atoms with Gasteiger partial charge >= 0.3 is 5.97 Å². The first kappa shape index (κ1) is 22.1. The Labute approximate surface area is 200 Å². The summed E-state index contributed by atoms with van der Waals surface area (Å²) in [6.45, 7) is 3.54. The molecule has 0 bridgehead atoms. The predicted octanol–water partition coefficient (Wildman–Crippen LogP) is 4.05. The van der Waals surface area contributed by atoms with E-state index in [0.29, 0.717) is 17.1 Å². The van der Waals surface area contributed by atoms with Crippen LogP contribution in [0.1, 0.15) is 28.2 Å². The van der Waals surface area contributed by atoms with Crippen molar-refractivity contribution in [3.8, 4) is 17.2 Å². The number of anilines is 1. The number of nitrogens with one attached hydrogen (secondary N) is 1. The van der Waals surface area contributed by atoms with Crippen molar-refractivity contribution < 1.29 is 28.6 Å². The number of ketones is 1. The van der Waals surface area contributed by atoms with Crippen molar-refractivity contribution in [2.24, 2.45) is 0 Å². The molecule has 0 saturated carbocycles. The summed E-state index contributed by atoms with van der Waals surface area (Å²) >= 11 is 1.32. The molecule has 0 saturated heterocycles. The third-order valence-electron chi connectivity index (χ3n) is 5.77. The fraction of sp³-hybridized carbons (Fsp3) is 0.240. The maximum Gasteiger partial charge on any atom is 0.307 e. The van der Waals surface area contributed by atoms with Gasteiger partial charge in [-0.15, -0.1) is 11.8 Å². The Morgan fingerprint density at radius 1 is 1.12 bits per heavy atom. The van der Waals surface area contributed by atoms with E-state index in [0.717, 1.165) is 27.7 Å². The van der Waals surface area contributed by atoms with Gasteiger partial charge in [-0.2, -0.15) is 0 Å². The molecule has 8 nitrogen and oxygen atoms in total. The van der Waals surface area contributed by atoms with Crippen molar-refractivity contribution in [3.63, 3.8) is 0 Å². The summed E-state index contributed by atoms with van der Waals surface area (Å²) in [6.07, 6.45) is -0.117. The van der Waals surface area contributed by atoms with E-state index in [1.807, 2.05) is 60.9 Å². The van der Waals surface area contributed by atoms with E-state index in [1.54, 1.807) is 6.07 Å². The minimum Gasteiger partial charge on any atom is -0.457 e. The summed E-state index contributed by atoms with van der Waals surface area (Å²) < 4.78 is 18.0. The SMILES string of the molecule is Cc1cc(C(=O)COC(=O)C[C@@H]2Sc3ccccc3NC2=O)c(C)n1-c1ccc2c(c1)OCO2. The number of rotatable bonds is 6. The molecule has 1 amide bonds. The number of amides is 1. The van der Waals surface area contributed by atoms with Crippen LogP contribution in [-0.4, -0.2) is 40.9 Å². The Balaban J connectivity index is 1.23. The standard InChI is InChI=1S/C25H22N2O6S/c1-14-9-17(15(2)27(14)16-7-8-20-21(10-16)33-13-32-20)19(28)12-31-24(29)11-23-25(30)26-18-5-3-4-6-22(18)34-23/h3-10,23H,11-13H2,1-2H3,(H,26,30)/t23-/m0/s1. The minimum absolute atomic E-state index is 0.117. The molecule has 0 spiro atoms. The molecule has 0 unspecified atom stereocenters. The number of fused-ring (bicyclic) bond motifs is 2. The van der Waals surface area contributed by atoms with Crippen LogP contribution < -0.4 is 14.8 Å². The Morgan fingerprint density at radius 3 is 2.76 bits per heavy atom. The van der Waals surface area contributed by atoms with Gasteiger partial charge in [0.2, 0.25) is 18.5 Å². The number of esters is 1. The number of aryl methyl sites for hydroxylation is 1. The average Bonchev–Trinajstić information content (AvgIpc) is 3.41. The zero-order chi connectivity index (χ0) is 23.8. The van der Waals surface area contributed by atoms with E-state index in [4.69, 9.17) is 14.2 Å². The minimum atomic E-state index is -0.603. The molecule has 174 valence electrons. The van der Waals surface area contributed by atoms with Crippen molar-refractivity contribution in [1.82, 2.24) is 4.57 Å². The topological polar surface area (TPSA) is 95.9 Å². The van der Waals surface area contributed by atoms with Gasteiger partial charge in [-0.1, -0.05) is 12.1 Å². The quantitative estimate of drug-likeness (QED) is 0.422. The summed E-state index contributed by atoms with van der Waals surface area (Å²) in [5, 5.41) is 2.20. The number of aromatic nitrogens is 1. The summed E-state index contributed by atoms with van der Waals surface area (Å²) in [4.78, 5) is 38.5. The molecule has 2 aliphatic heterocycles. The molecule has 9 heteroatoms. The third kappa shape index (κ3) is 4.14. The van der Waals surface area contributed by atoms with Gasteiger partial charge in [0.15, 0.2) is 18.1 Å². The van der Waals surface area contributed by atoms with E-state index in [-0.39, 0.29) is 31.5 Å². The van der Waals surface area contributed by atoms with Crippen molar-refractivity contribution in [3.05, 3.63) is 65.5 Å². The van der Waals surface area contributed by atoms with Gasteiger partial charge < -0.3 is 24.1 Å². The van der Waals surface area contributed by atoms with Crippen LogP contribution in [0.3, 0.4) is 0 Å². The first-order valence-electron chi connectivity index (χ1n) is 10.7. The predicted molar refractivity (Wildman–Crippen MR) is 126 cm³/mol. The second-order valence-electron chi connectivity index (χ2n) is 8.04. The van der Waals surface area contributed by atoms with Gasteiger partial charge in [0.25, 0.3) is 0 Å². The summed E-state index contributed by atoms with van der Waals surface area (Å²) in [6, 6.07) is 14.8. The Kier molecular flexibility index (Phi) is 5.79. The molecule has 0 aliphatic carbocycles. The highest BCUT2D eigenvalue weighted by Crippen LogP contribution is 2.37. The molecular weight excluding hydrogens is 456 g/mol. The van der Waals surface area contributed by atoms with Crippen LogP contribution in [0.4, 0.5) is 5.69 Å². The molecule has 2 aromatic carbocycles. The van der Waals surface area contributed by atoms with E-state index in [9.17, 15) is 14.4 Å². The second-order valence-corrected chi connectivity index (χ2v) is 9.28. The maximum absolute atomic E-state index is 12.9. The molecule has 1 N–H and O–H groups in total. The average molecular weight is 479 g/mol. The fourth-order valence-corrected chi connectivity index (χ4v) is 5.22. The number of benzene rings is 2. The van der Waals surface area contributed by atoms with Crippen molar-refractivity contribution >= 4 is 35.1 Å². The van der Waals surface area contributed by atoms with Gasteiger partial charge in [-0.25, -0.2) is 0 Å². The number of hydrogen-bond donors (Lipinski definition) is 1.